The molecular formula is C18H12ClF3N2O2S. The first-order valence-electron chi connectivity index (χ1n) is 7.98. The minimum atomic E-state index is -4.52. The molecule has 2 aromatic carbocycles. The third kappa shape index (κ3) is 3.06. The van der Waals surface area contributed by atoms with Crippen molar-refractivity contribution in [3.63, 3.8) is 0 Å². The molecular weight excluding hydrogens is 401 g/mol. The van der Waals surface area contributed by atoms with Gasteiger partial charge in [-0.05, 0) is 29.8 Å². The number of amides is 2. The number of benzene rings is 2. The van der Waals surface area contributed by atoms with E-state index in [0.717, 1.165) is 23.8 Å². The monoisotopic (exact) mass is 412 g/mol. The maximum absolute atomic E-state index is 12.7. The van der Waals surface area contributed by atoms with Crippen molar-refractivity contribution >= 4 is 40.9 Å². The van der Waals surface area contributed by atoms with Crippen molar-refractivity contribution in [2.45, 2.75) is 17.6 Å². The number of alkyl halides is 3. The average Bonchev–Trinajstić information content (AvgIpc) is 3.17. The van der Waals surface area contributed by atoms with E-state index in [4.69, 9.17) is 11.6 Å². The second kappa shape index (κ2) is 6.45. The zero-order valence-corrected chi connectivity index (χ0v) is 15.2. The van der Waals surface area contributed by atoms with E-state index in [1.54, 1.807) is 12.1 Å². The highest BCUT2D eigenvalue weighted by atomic mass is 35.5. The second-order valence-corrected chi connectivity index (χ2v) is 7.70. The van der Waals surface area contributed by atoms with Gasteiger partial charge in [-0.15, -0.1) is 11.8 Å². The Hall–Kier alpha value is -2.19. The van der Waals surface area contributed by atoms with Gasteiger partial charge in [-0.3, -0.25) is 9.59 Å². The van der Waals surface area contributed by atoms with Gasteiger partial charge in [0.1, 0.15) is 11.4 Å². The van der Waals surface area contributed by atoms with Gasteiger partial charge in [-0.1, -0.05) is 29.8 Å². The van der Waals surface area contributed by atoms with Gasteiger partial charge in [0.15, 0.2) is 0 Å². The molecule has 27 heavy (non-hydrogen) atoms. The quantitative estimate of drug-likeness (QED) is 0.786. The molecule has 140 valence electrons. The van der Waals surface area contributed by atoms with Crippen molar-refractivity contribution in [2.75, 3.05) is 11.1 Å². The minimum absolute atomic E-state index is 0.0762. The van der Waals surface area contributed by atoms with Crippen molar-refractivity contribution in [2.24, 2.45) is 0 Å². The Morgan fingerprint density at radius 1 is 1.22 bits per heavy atom. The van der Waals surface area contributed by atoms with Crippen LogP contribution in [-0.4, -0.2) is 28.5 Å². The van der Waals surface area contributed by atoms with Gasteiger partial charge >= 0.3 is 6.18 Å². The fraction of sp³-hybridized carbons (Fsp3) is 0.222. The predicted octanol–water partition coefficient (Wildman–Crippen LogP) is 4.57. The maximum Gasteiger partial charge on any atom is 0.416 e. The number of rotatable bonds is 2. The number of nitrogens with zero attached hydrogens (tertiary/aromatic N) is 1. The van der Waals surface area contributed by atoms with Crippen LogP contribution in [0, 0.1) is 0 Å². The summed E-state index contributed by atoms with van der Waals surface area (Å²) in [5.41, 5.74) is 0.620. The lowest BCUT2D eigenvalue weighted by Crippen LogP contribution is -2.42. The van der Waals surface area contributed by atoms with Crippen LogP contribution < -0.4 is 5.32 Å². The van der Waals surface area contributed by atoms with E-state index in [-0.39, 0.29) is 22.0 Å². The molecule has 2 heterocycles. The van der Waals surface area contributed by atoms with E-state index < -0.39 is 23.7 Å². The minimum Gasteiger partial charge on any atom is -0.323 e. The van der Waals surface area contributed by atoms with Gasteiger partial charge in [0, 0.05) is 11.3 Å². The lowest BCUT2D eigenvalue weighted by Gasteiger charge is -2.23. The van der Waals surface area contributed by atoms with Crippen LogP contribution in [-0.2, 0) is 11.0 Å². The van der Waals surface area contributed by atoms with Crippen LogP contribution in [0.2, 0.25) is 5.02 Å². The summed E-state index contributed by atoms with van der Waals surface area (Å²) in [5, 5.41) is 2.10. The van der Waals surface area contributed by atoms with Crippen molar-refractivity contribution in [1.82, 2.24) is 4.90 Å². The Morgan fingerprint density at radius 3 is 2.67 bits per heavy atom. The summed E-state index contributed by atoms with van der Waals surface area (Å²) in [5.74, 6) is -0.304. The molecule has 0 aromatic heterocycles. The first-order chi connectivity index (χ1) is 12.8. The largest absolute Gasteiger partial charge is 0.416 e. The van der Waals surface area contributed by atoms with Crippen LogP contribution in [0.1, 0.15) is 26.9 Å². The highest BCUT2D eigenvalue weighted by molar-refractivity contribution is 7.99. The summed E-state index contributed by atoms with van der Waals surface area (Å²) < 4.78 is 38.2. The molecule has 4 rings (SSSR count). The highest BCUT2D eigenvalue weighted by Gasteiger charge is 2.48. The number of carbonyl (C=O) groups is 2. The lowest BCUT2D eigenvalue weighted by molar-refractivity contribution is -0.137. The number of halogens is 4. The van der Waals surface area contributed by atoms with Gasteiger partial charge in [0.05, 0.1) is 16.3 Å². The van der Waals surface area contributed by atoms with Crippen LogP contribution >= 0.6 is 23.4 Å². The van der Waals surface area contributed by atoms with E-state index >= 15 is 0 Å². The van der Waals surface area contributed by atoms with E-state index in [1.165, 1.54) is 16.7 Å². The Bertz CT molecular complexity index is 950. The number of carbonyl (C=O) groups excluding carboxylic acids is 2. The van der Waals surface area contributed by atoms with E-state index in [9.17, 15) is 22.8 Å². The van der Waals surface area contributed by atoms with Gasteiger partial charge in [-0.2, -0.15) is 13.2 Å². The second-order valence-electron chi connectivity index (χ2n) is 6.18. The molecule has 2 aliphatic rings. The van der Waals surface area contributed by atoms with Crippen molar-refractivity contribution < 1.29 is 22.8 Å². The third-order valence-corrected chi connectivity index (χ3v) is 6.17. The first-order valence-corrected chi connectivity index (χ1v) is 9.41. The molecule has 0 radical (unpaired) electrons. The molecule has 0 bridgehead atoms. The number of thioether (sulfide) groups is 1. The average molecular weight is 413 g/mol. The maximum atomic E-state index is 12.7. The molecule has 0 aliphatic carbocycles. The molecule has 1 N–H and O–H groups in total. The first kappa shape index (κ1) is 18.2. The van der Waals surface area contributed by atoms with E-state index in [2.05, 4.69) is 5.32 Å². The highest BCUT2D eigenvalue weighted by Crippen LogP contribution is 2.48. The summed E-state index contributed by atoms with van der Waals surface area (Å²) in [4.78, 5) is 26.9. The number of hydrogen-bond acceptors (Lipinski definition) is 3. The Kier molecular flexibility index (Phi) is 4.35. The summed E-state index contributed by atoms with van der Waals surface area (Å²) in [6.07, 6.45) is -4.52. The number of hydrogen-bond donors (Lipinski definition) is 1. The van der Waals surface area contributed by atoms with Crippen molar-refractivity contribution in [1.29, 1.82) is 0 Å². The molecule has 2 aromatic rings. The molecule has 4 nitrogen and oxygen atoms in total. The van der Waals surface area contributed by atoms with Crippen LogP contribution in [0.15, 0.2) is 42.5 Å². The molecule has 1 fully saturated rings. The topological polar surface area (TPSA) is 49.4 Å². The fourth-order valence-electron chi connectivity index (χ4n) is 3.25. The number of anilines is 1. The van der Waals surface area contributed by atoms with Crippen LogP contribution in [0.25, 0.3) is 0 Å². The number of nitrogens with one attached hydrogen (secondary N) is 1. The summed E-state index contributed by atoms with van der Waals surface area (Å²) >= 11 is 7.38. The lowest BCUT2D eigenvalue weighted by atomic mass is 10.1. The molecule has 1 saturated heterocycles. The Balaban J connectivity index is 1.55. The molecule has 0 saturated carbocycles. The summed E-state index contributed by atoms with van der Waals surface area (Å²) in [6, 6.07) is 9.19. The summed E-state index contributed by atoms with van der Waals surface area (Å²) in [6.45, 7) is 0. The third-order valence-electron chi connectivity index (χ3n) is 4.55. The zero-order chi connectivity index (χ0) is 19.3. The molecule has 2 aliphatic heterocycles. The normalized spacial score (nSPS) is 21.2. The van der Waals surface area contributed by atoms with Gasteiger partial charge in [0.25, 0.3) is 5.91 Å². The van der Waals surface area contributed by atoms with Crippen molar-refractivity contribution in [3.05, 3.63) is 64.2 Å². The zero-order valence-electron chi connectivity index (χ0n) is 13.6. The summed E-state index contributed by atoms with van der Waals surface area (Å²) in [7, 11) is 0. The van der Waals surface area contributed by atoms with Crippen LogP contribution in [0.4, 0.5) is 18.9 Å². The Labute approximate surface area is 161 Å². The standard InChI is InChI=1S/C18H12ClF3N2O2S/c19-12-7-9(18(20,21)22)5-6-13(12)23-15(25)14-8-27-17-11-4-2-1-3-10(11)16(26)24(14)17/h1-7,14,17H,8H2,(H,23,25)/t14-,17-/m0/s1. The molecule has 9 heteroatoms. The van der Waals surface area contributed by atoms with E-state index in [0.29, 0.717) is 11.3 Å². The van der Waals surface area contributed by atoms with Gasteiger partial charge in [0.2, 0.25) is 5.91 Å². The van der Waals surface area contributed by atoms with Crippen molar-refractivity contribution in [3.8, 4) is 0 Å². The number of fused-ring (bicyclic) bond motifs is 3. The smallest absolute Gasteiger partial charge is 0.323 e. The van der Waals surface area contributed by atoms with Gasteiger partial charge in [-0.25, -0.2) is 0 Å². The SMILES string of the molecule is O=C(Nc1ccc(C(F)(F)F)cc1Cl)[C@@H]1CS[C@H]2c3ccccc3C(=O)N12. The van der Waals surface area contributed by atoms with Crippen LogP contribution in [0.3, 0.4) is 0 Å². The van der Waals surface area contributed by atoms with E-state index in [1.807, 2.05) is 12.1 Å². The van der Waals surface area contributed by atoms with Gasteiger partial charge < -0.3 is 10.2 Å². The predicted molar refractivity (Wildman–Crippen MR) is 96.7 cm³/mol. The molecule has 0 unspecified atom stereocenters. The van der Waals surface area contributed by atoms with Crippen LogP contribution in [0.5, 0.6) is 0 Å². The molecule has 2 amide bonds. The molecule has 0 spiro atoms. The molecule has 2 atom stereocenters. The fourth-order valence-corrected chi connectivity index (χ4v) is 4.94. The Morgan fingerprint density at radius 2 is 1.96 bits per heavy atom.